The smallest absolute Gasteiger partial charge is 0.270 e. The van der Waals surface area contributed by atoms with Crippen molar-refractivity contribution in [2.75, 3.05) is 11.9 Å². The SMILES string of the molecule is CC(C)(C)c1ccc(-c2csc(NC(=O)[C@H]3COc4ccccc4O3)n2)cc1. The van der Waals surface area contributed by atoms with Crippen molar-refractivity contribution in [1.82, 2.24) is 4.98 Å². The highest BCUT2D eigenvalue weighted by Crippen LogP contribution is 2.32. The Morgan fingerprint density at radius 3 is 2.54 bits per heavy atom. The van der Waals surface area contributed by atoms with Crippen molar-refractivity contribution in [2.24, 2.45) is 0 Å². The van der Waals surface area contributed by atoms with Crippen LogP contribution in [0.2, 0.25) is 0 Å². The molecule has 1 aromatic heterocycles. The van der Waals surface area contributed by atoms with Crippen LogP contribution in [0.4, 0.5) is 5.13 Å². The van der Waals surface area contributed by atoms with Gasteiger partial charge in [-0.05, 0) is 23.1 Å². The van der Waals surface area contributed by atoms with Gasteiger partial charge in [0.25, 0.3) is 5.91 Å². The molecule has 1 aliphatic heterocycles. The molecule has 0 saturated carbocycles. The first-order valence-electron chi connectivity index (χ1n) is 9.16. The number of nitrogens with zero attached hydrogens (tertiary/aromatic N) is 1. The second-order valence-electron chi connectivity index (χ2n) is 7.72. The van der Waals surface area contributed by atoms with E-state index in [0.717, 1.165) is 11.3 Å². The average molecular weight is 394 g/mol. The zero-order chi connectivity index (χ0) is 19.7. The summed E-state index contributed by atoms with van der Waals surface area (Å²) in [5.41, 5.74) is 3.25. The molecule has 5 nitrogen and oxygen atoms in total. The quantitative estimate of drug-likeness (QED) is 0.687. The molecule has 28 heavy (non-hydrogen) atoms. The van der Waals surface area contributed by atoms with Crippen molar-refractivity contribution in [1.29, 1.82) is 0 Å². The molecule has 0 fully saturated rings. The Labute approximate surface area is 168 Å². The molecular formula is C22H22N2O3S. The molecule has 4 rings (SSSR count). The number of thiazole rings is 1. The summed E-state index contributed by atoms with van der Waals surface area (Å²) in [5.74, 6) is 0.966. The Morgan fingerprint density at radius 1 is 1.11 bits per heavy atom. The van der Waals surface area contributed by atoms with Crippen molar-refractivity contribution in [3.63, 3.8) is 0 Å². The number of hydrogen-bond acceptors (Lipinski definition) is 5. The highest BCUT2D eigenvalue weighted by Gasteiger charge is 2.28. The van der Waals surface area contributed by atoms with Crippen molar-refractivity contribution in [3.8, 4) is 22.8 Å². The van der Waals surface area contributed by atoms with E-state index < -0.39 is 6.10 Å². The summed E-state index contributed by atoms with van der Waals surface area (Å²) in [6.07, 6.45) is -0.701. The summed E-state index contributed by atoms with van der Waals surface area (Å²) in [5, 5.41) is 5.32. The highest BCUT2D eigenvalue weighted by atomic mass is 32.1. The Morgan fingerprint density at radius 2 is 1.82 bits per heavy atom. The van der Waals surface area contributed by atoms with Gasteiger partial charge < -0.3 is 9.47 Å². The van der Waals surface area contributed by atoms with Crippen molar-refractivity contribution in [3.05, 3.63) is 59.5 Å². The highest BCUT2D eigenvalue weighted by molar-refractivity contribution is 7.14. The number of carbonyl (C=O) groups excluding carboxylic acids is 1. The lowest BCUT2D eigenvalue weighted by atomic mass is 9.86. The third kappa shape index (κ3) is 3.87. The fourth-order valence-electron chi connectivity index (χ4n) is 2.94. The van der Waals surface area contributed by atoms with Crippen LogP contribution in [0.25, 0.3) is 11.3 Å². The number of nitrogens with one attached hydrogen (secondary N) is 1. The monoisotopic (exact) mass is 394 g/mol. The molecular weight excluding hydrogens is 372 g/mol. The van der Waals surface area contributed by atoms with Crippen LogP contribution in [-0.2, 0) is 10.2 Å². The maximum atomic E-state index is 12.5. The summed E-state index contributed by atoms with van der Waals surface area (Å²) >= 11 is 1.39. The topological polar surface area (TPSA) is 60.5 Å². The van der Waals surface area contributed by atoms with Crippen LogP contribution in [-0.4, -0.2) is 23.6 Å². The lowest BCUT2D eigenvalue weighted by Crippen LogP contribution is -2.40. The number of benzene rings is 2. The van der Waals surface area contributed by atoms with Crippen LogP contribution in [0, 0.1) is 0 Å². The van der Waals surface area contributed by atoms with Crippen molar-refractivity contribution >= 4 is 22.4 Å². The molecule has 2 aromatic carbocycles. The minimum Gasteiger partial charge on any atom is -0.485 e. The van der Waals surface area contributed by atoms with Crippen LogP contribution in [0.3, 0.4) is 0 Å². The number of hydrogen-bond donors (Lipinski definition) is 1. The molecule has 3 aromatic rings. The number of fused-ring (bicyclic) bond motifs is 1. The number of rotatable bonds is 3. The third-order valence-corrected chi connectivity index (χ3v) is 5.34. The number of carbonyl (C=O) groups is 1. The molecule has 1 N–H and O–H groups in total. The summed E-state index contributed by atoms with van der Waals surface area (Å²) in [7, 11) is 0. The molecule has 1 aliphatic rings. The first-order valence-corrected chi connectivity index (χ1v) is 10.0. The van der Waals surface area contributed by atoms with Crippen LogP contribution in [0.5, 0.6) is 11.5 Å². The first kappa shape index (κ1) is 18.5. The standard InChI is InChI=1S/C22H22N2O3S/c1-22(2,3)15-10-8-14(9-11-15)16-13-28-21(23-16)24-20(25)19-12-26-17-6-4-5-7-18(17)27-19/h4-11,13,19H,12H2,1-3H3,(H,23,24,25)/t19-/m1/s1. The van der Waals surface area contributed by atoms with Gasteiger partial charge in [-0.1, -0.05) is 57.2 Å². The van der Waals surface area contributed by atoms with Crippen LogP contribution in [0.1, 0.15) is 26.3 Å². The number of amides is 1. The number of ether oxygens (including phenoxy) is 2. The van der Waals surface area contributed by atoms with E-state index in [2.05, 4.69) is 55.3 Å². The Bertz CT molecular complexity index is 990. The predicted molar refractivity (Wildman–Crippen MR) is 111 cm³/mol. The number of aromatic nitrogens is 1. The summed E-state index contributed by atoms with van der Waals surface area (Å²) in [6.45, 7) is 6.74. The largest absolute Gasteiger partial charge is 0.485 e. The lowest BCUT2D eigenvalue weighted by molar-refractivity contribution is -0.125. The van der Waals surface area contributed by atoms with Gasteiger partial charge in [0.15, 0.2) is 16.6 Å². The molecule has 0 spiro atoms. The Kier molecular flexibility index (Phi) is 4.81. The van der Waals surface area contributed by atoms with Crippen LogP contribution in [0.15, 0.2) is 53.9 Å². The zero-order valence-corrected chi connectivity index (χ0v) is 16.9. The van der Waals surface area contributed by atoms with E-state index in [0.29, 0.717) is 16.6 Å². The van der Waals surface area contributed by atoms with E-state index >= 15 is 0 Å². The molecule has 6 heteroatoms. The molecule has 144 valence electrons. The van der Waals surface area contributed by atoms with Gasteiger partial charge in [-0.2, -0.15) is 0 Å². The van der Waals surface area contributed by atoms with Gasteiger partial charge >= 0.3 is 0 Å². The van der Waals surface area contributed by atoms with Gasteiger partial charge in [-0.15, -0.1) is 11.3 Å². The van der Waals surface area contributed by atoms with E-state index in [4.69, 9.17) is 9.47 Å². The average Bonchev–Trinajstić information content (AvgIpc) is 3.15. The molecule has 0 saturated heterocycles. The normalized spacial score (nSPS) is 15.9. The van der Waals surface area contributed by atoms with E-state index in [9.17, 15) is 4.79 Å². The van der Waals surface area contributed by atoms with Crippen LogP contribution >= 0.6 is 11.3 Å². The third-order valence-electron chi connectivity index (χ3n) is 4.58. The molecule has 1 amide bonds. The first-order chi connectivity index (χ1) is 13.4. The second-order valence-corrected chi connectivity index (χ2v) is 8.58. The summed E-state index contributed by atoms with van der Waals surface area (Å²) in [4.78, 5) is 17.1. The summed E-state index contributed by atoms with van der Waals surface area (Å²) in [6, 6.07) is 15.7. The van der Waals surface area contributed by atoms with E-state index in [1.54, 1.807) is 6.07 Å². The van der Waals surface area contributed by atoms with Crippen molar-refractivity contribution < 1.29 is 14.3 Å². The van der Waals surface area contributed by atoms with Gasteiger partial charge in [0.1, 0.15) is 6.61 Å². The fourth-order valence-corrected chi connectivity index (χ4v) is 3.66. The molecule has 0 radical (unpaired) electrons. The maximum Gasteiger partial charge on any atom is 0.270 e. The van der Waals surface area contributed by atoms with E-state index in [-0.39, 0.29) is 17.9 Å². The Hall–Kier alpha value is -2.86. The van der Waals surface area contributed by atoms with Gasteiger partial charge in [0.05, 0.1) is 5.69 Å². The maximum absolute atomic E-state index is 12.5. The minimum absolute atomic E-state index is 0.112. The predicted octanol–water partition coefficient (Wildman–Crippen LogP) is 4.89. The lowest BCUT2D eigenvalue weighted by Gasteiger charge is -2.25. The molecule has 1 atom stereocenters. The molecule has 2 heterocycles. The fraction of sp³-hybridized carbons (Fsp3) is 0.273. The molecule has 0 bridgehead atoms. The second kappa shape index (κ2) is 7.28. The Balaban J connectivity index is 1.43. The zero-order valence-electron chi connectivity index (χ0n) is 16.1. The van der Waals surface area contributed by atoms with E-state index in [1.165, 1.54) is 16.9 Å². The summed E-state index contributed by atoms with van der Waals surface area (Å²) < 4.78 is 11.3. The van der Waals surface area contributed by atoms with Gasteiger partial charge in [-0.25, -0.2) is 4.98 Å². The van der Waals surface area contributed by atoms with Gasteiger partial charge in [0.2, 0.25) is 6.10 Å². The molecule has 0 aliphatic carbocycles. The van der Waals surface area contributed by atoms with Gasteiger partial charge in [0, 0.05) is 10.9 Å². The van der Waals surface area contributed by atoms with E-state index in [1.807, 2.05) is 23.6 Å². The van der Waals surface area contributed by atoms with Crippen molar-refractivity contribution in [2.45, 2.75) is 32.3 Å². The molecule has 0 unspecified atom stereocenters. The number of para-hydroxylation sites is 2. The minimum atomic E-state index is -0.701. The number of anilines is 1. The van der Waals surface area contributed by atoms with Gasteiger partial charge in [-0.3, -0.25) is 10.1 Å². The van der Waals surface area contributed by atoms with Crippen LogP contribution < -0.4 is 14.8 Å².